The summed E-state index contributed by atoms with van der Waals surface area (Å²) < 4.78 is 326. The molecule has 0 unspecified atom stereocenters. The molecule has 29 heteroatoms. The molecule has 0 amide bonds. The van der Waals surface area contributed by atoms with E-state index in [-0.39, 0.29) is 35.8 Å². The minimum atomic E-state index is -9.22. The van der Waals surface area contributed by atoms with E-state index >= 15 is 0 Å². The van der Waals surface area contributed by atoms with Crippen LogP contribution in [0.25, 0.3) is 0 Å². The van der Waals surface area contributed by atoms with E-state index in [0.29, 0.717) is 36.5 Å². The molecule has 0 aliphatic heterocycles. The van der Waals surface area contributed by atoms with Gasteiger partial charge in [0.2, 0.25) is 0 Å². The molecular weight excluding hydrogens is 1200 g/mol. The molecule has 0 saturated carbocycles. The van der Waals surface area contributed by atoms with Gasteiger partial charge in [0.05, 0.1) is 46.2 Å². The molecule has 0 aliphatic carbocycles. The van der Waals surface area contributed by atoms with Crippen molar-refractivity contribution in [2.75, 3.05) is 27.4 Å². The van der Waals surface area contributed by atoms with E-state index < -0.39 is 99.5 Å². The third-order valence-electron chi connectivity index (χ3n) is 12.7. The molecule has 0 spiro atoms. The molecule has 4 atom stereocenters. The van der Waals surface area contributed by atoms with Crippen molar-refractivity contribution in [3.8, 4) is 17.2 Å². The number of benzene rings is 2. The Kier molecular flexibility index (Phi) is 22.3. The van der Waals surface area contributed by atoms with E-state index in [2.05, 4.69) is 56.5 Å². The van der Waals surface area contributed by atoms with Crippen LogP contribution in [0.3, 0.4) is 0 Å². The van der Waals surface area contributed by atoms with Crippen molar-refractivity contribution >= 4 is 30.9 Å². The van der Waals surface area contributed by atoms with Crippen molar-refractivity contribution in [1.29, 1.82) is 0 Å². The number of halogens is 22. The zero-order valence-corrected chi connectivity index (χ0v) is 44.6. The maximum Gasteiger partial charge on any atom is 0.460 e. The minimum Gasteiger partial charge on any atom is -0.494 e. The summed E-state index contributed by atoms with van der Waals surface area (Å²) in [6.07, 6.45) is -10.3. The van der Waals surface area contributed by atoms with Gasteiger partial charge in [-0.25, -0.2) is 0 Å². The van der Waals surface area contributed by atoms with E-state index in [1.807, 2.05) is 30.1 Å². The number of rotatable bonds is 30. The Hall–Kier alpha value is -3.06. The second-order valence-corrected chi connectivity index (χ2v) is 24.5. The zero-order chi connectivity index (χ0) is 58.5. The summed E-state index contributed by atoms with van der Waals surface area (Å²) in [7, 11) is 0.840. The third-order valence-corrected chi connectivity index (χ3v) is 17.6. The van der Waals surface area contributed by atoms with Gasteiger partial charge in [0.15, 0.2) is 19.8 Å². The predicted octanol–water partition coefficient (Wildman–Crippen LogP) is 16.6. The van der Waals surface area contributed by atoms with Crippen molar-refractivity contribution in [1.82, 2.24) is 0 Å². The molecule has 75 heavy (non-hydrogen) atoms. The number of methoxy groups -OCH3 is 2. The van der Waals surface area contributed by atoms with E-state index in [0.717, 1.165) is 5.56 Å². The van der Waals surface area contributed by atoms with Gasteiger partial charge in [-0.05, 0) is 76.9 Å². The van der Waals surface area contributed by atoms with Gasteiger partial charge in [-0.1, -0.05) is 81.5 Å². The van der Waals surface area contributed by atoms with E-state index in [9.17, 15) is 92.2 Å². The Morgan fingerprint density at radius 2 is 1.01 bits per heavy atom. The normalized spacial score (nSPS) is 16.3. The molecule has 0 aromatic heterocycles. The lowest BCUT2D eigenvalue weighted by Gasteiger charge is -2.44. The highest BCUT2D eigenvalue weighted by atomic mass is 127. The summed E-state index contributed by atoms with van der Waals surface area (Å²) in [5.41, 5.74) is 1.24. The van der Waals surface area contributed by atoms with Crippen LogP contribution >= 0.6 is 22.6 Å². The van der Waals surface area contributed by atoms with Gasteiger partial charge >= 0.3 is 59.5 Å². The SMILES string of the molecule is COc1ccc(CO[C@H]([C@@H](C)[C@@H](CCCO[Si](C)(C)C(C)(C)C)OCc2ccc(OCCCC(F)(F)C(F)(F)C(F)(F)C(F)(F)C(F)(F)C(F)(F)C(F)(F)C(F)(F)C(F)(F)C(F)(F)F)cc2)[C@@H](C)/C=C\I)cc1OC. The fraction of sp³-hybridized carbons (Fsp3) is 0.696. The number of alkyl halides is 21. The first kappa shape index (κ1) is 68.0. The van der Waals surface area contributed by atoms with E-state index in [1.165, 1.54) is 38.5 Å². The summed E-state index contributed by atoms with van der Waals surface area (Å²) in [6.45, 7) is 13.7. The van der Waals surface area contributed by atoms with Crippen LogP contribution in [0.5, 0.6) is 17.2 Å². The standard InChI is InChI=1S/C46H56F21IO6Si/c1-27(19-21-68)35(73-26-30-15-18-33(69-6)34(24-30)70-7)28(2)32(12-10-23-74-75(8,9)36(3,4)5)72-25-29-13-16-31(17-14-29)71-22-11-20-37(47,48)38(49,50)39(51,52)40(53,54)41(55,56)42(57,58)43(59,60)44(61,62)45(63,64)46(65,66)67/h13-19,21,24,27-28,32,35H,10-12,20,22-23,25-26H2,1-9H3/b21-19-/t27-,28-,32+,35-/m0/s1. The van der Waals surface area contributed by atoms with Crippen LogP contribution in [0, 0.1) is 11.8 Å². The zero-order valence-electron chi connectivity index (χ0n) is 41.4. The fourth-order valence-corrected chi connectivity index (χ4v) is 8.57. The molecule has 0 fully saturated rings. The van der Waals surface area contributed by atoms with Crippen LogP contribution in [0.1, 0.15) is 71.4 Å². The average molecular weight is 1260 g/mol. The maximum atomic E-state index is 14.5. The third kappa shape index (κ3) is 14.0. The van der Waals surface area contributed by atoms with Gasteiger partial charge in [0, 0.05) is 24.9 Å². The highest BCUT2D eigenvalue weighted by molar-refractivity contribution is 14.1. The largest absolute Gasteiger partial charge is 0.494 e. The molecule has 2 rings (SSSR count). The Morgan fingerprint density at radius 3 is 1.47 bits per heavy atom. The molecule has 0 saturated heterocycles. The Balaban J connectivity index is 2.29. The van der Waals surface area contributed by atoms with Crippen LogP contribution in [0.2, 0.25) is 18.1 Å². The molecule has 0 aliphatic rings. The smallest absolute Gasteiger partial charge is 0.460 e. The fourth-order valence-electron chi connectivity index (χ4n) is 6.82. The number of ether oxygens (including phenoxy) is 5. The maximum absolute atomic E-state index is 14.5. The molecule has 2 aromatic carbocycles. The van der Waals surface area contributed by atoms with Crippen LogP contribution in [0.4, 0.5) is 92.2 Å². The lowest BCUT2D eigenvalue weighted by atomic mass is 9.85. The first-order chi connectivity index (χ1) is 33.8. The lowest BCUT2D eigenvalue weighted by Crippen LogP contribution is -2.76. The van der Waals surface area contributed by atoms with Crippen molar-refractivity contribution in [2.45, 2.75) is 163 Å². The minimum absolute atomic E-state index is 0.0669. The Morgan fingerprint density at radius 1 is 0.560 bits per heavy atom. The average Bonchev–Trinajstić information content (AvgIpc) is 3.29. The van der Waals surface area contributed by atoms with Crippen LogP contribution in [-0.2, 0) is 27.1 Å². The van der Waals surface area contributed by atoms with Crippen LogP contribution in [-0.4, -0.2) is 107 Å². The first-order valence-electron chi connectivity index (χ1n) is 22.3. The second-order valence-electron chi connectivity index (χ2n) is 19.0. The Bertz CT molecular complexity index is 2150. The Labute approximate surface area is 433 Å². The van der Waals surface area contributed by atoms with Crippen LogP contribution < -0.4 is 14.2 Å². The highest BCUT2D eigenvalue weighted by Gasteiger charge is 2.97. The molecule has 6 nitrogen and oxygen atoms in total. The van der Waals surface area contributed by atoms with Gasteiger partial charge in [0.1, 0.15) is 5.75 Å². The molecule has 0 N–H and O–H groups in total. The highest BCUT2D eigenvalue weighted by Crippen LogP contribution is 2.66. The first-order valence-corrected chi connectivity index (χ1v) is 26.4. The van der Waals surface area contributed by atoms with Gasteiger partial charge in [-0.2, -0.15) is 92.2 Å². The predicted molar refractivity (Wildman–Crippen MR) is 242 cm³/mol. The van der Waals surface area contributed by atoms with E-state index in [1.54, 1.807) is 12.1 Å². The molecular formula is C46H56F21IO6Si. The lowest BCUT2D eigenvalue weighted by molar-refractivity contribution is -0.474. The van der Waals surface area contributed by atoms with Crippen molar-refractivity contribution in [3.05, 3.63) is 63.8 Å². The molecule has 0 radical (unpaired) electrons. The summed E-state index contributed by atoms with van der Waals surface area (Å²) in [5, 5.41) is -0.0748. The topological polar surface area (TPSA) is 55.4 Å². The van der Waals surface area contributed by atoms with Gasteiger partial charge < -0.3 is 28.1 Å². The number of hydrogen-bond donors (Lipinski definition) is 0. The van der Waals surface area contributed by atoms with Crippen molar-refractivity contribution < 1.29 is 120 Å². The molecule has 434 valence electrons. The van der Waals surface area contributed by atoms with Gasteiger partial charge in [0.25, 0.3) is 0 Å². The summed E-state index contributed by atoms with van der Waals surface area (Å²) in [4.78, 5) is 0. The molecule has 0 heterocycles. The van der Waals surface area contributed by atoms with Crippen molar-refractivity contribution in [2.24, 2.45) is 11.8 Å². The van der Waals surface area contributed by atoms with E-state index in [4.69, 9.17) is 28.1 Å². The summed E-state index contributed by atoms with van der Waals surface area (Å²) in [6, 6.07) is 10.4. The quantitative estimate of drug-likeness (QED) is 0.0336. The monoisotopic (exact) mass is 1260 g/mol. The van der Waals surface area contributed by atoms with Gasteiger partial charge in [-0.15, -0.1) is 0 Å². The summed E-state index contributed by atoms with van der Waals surface area (Å²) >= 11 is 2.08. The molecule has 2 aromatic rings. The number of hydrogen-bond acceptors (Lipinski definition) is 6. The van der Waals surface area contributed by atoms with Gasteiger partial charge in [-0.3, -0.25) is 0 Å². The van der Waals surface area contributed by atoms with Crippen LogP contribution in [0.15, 0.2) is 52.6 Å². The molecule has 0 bridgehead atoms. The second kappa shape index (κ2) is 24.5. The summed E-state index contributed by atoms with van der Waals surface area (Å²) in [5.74, 6) is -77.0. The van der Waals surface area contributed by atoms with Crippen molar-refractivity contribution in [3.63, 3.8) is 0 Å².